The van der Waals surface area contributed by atoms with Crippen LogP contribution >= 0.6 is 0 Å². The van der Waals surface area contributed by atoms with Crippen LogP contribution < -0.4 is 10.2 Å². The minimum atomic E-state index is 0. The molecule has 3 heteroatoms. The average molecular weight is 495 g/mol. The molecule has 0 aliphatic heterocycles. The molecule has 0 radical (unpaired) electrons. The van der Waals surface area contributed by atoms with Crippen molar-refractivity contribution in [2.45, 2.75) is 90.9 Å². The molecule has 0 aliphatic carbocycles. The maximum Gasteiger partial charge on any atom is 2.00 e. The third-order valence-electron chi connectivity index (χ3n) is 4.98. The van der Waals surface area contributed by atoms with Gasteiger partial charge in [-0.1, -0.05) is 114 Å². The summed E-state index contributed by atoms with van der Waals surface area (Å²) in [5.74, 6) is 0.222. The van der Waals surface area contributed by atoms with Crippen molar-refractivity contribution >= 4 is 0 Å². The number of hydrogen-bond acceptors (Lipinski definition) is 2. The SMILES string of the molecule is CCCCCCCc1ccc([O-])cc1.CCCCCCCc1ccc([O-])cc1.[Cd+2]. The maximum atomic E-state index is 10.8. The van der Waals surface area contributed by atoms with Gasteiger partial charge in [-0.25, -0.2) is 0 Å². The Morgan fingerprint density at radius 3 is 1.10 bits per heavy atom. The predicted molar refractivity (Wildman–Crippen MR) is 117 cm³/mol. The van der Waals surface area contributed by atoms with Gasteiger partial charge >= 0.3 is 27.3 Å². The molecule has 0 saturated carbocycles. The Hall–Kier alpha value is -1.04. The summed E-state index contributed by atoms with van der Waals surface area (Å²) in [6, 6.07) is 14.4. The molecule has 0 aromatic heterocycles. The molecule has 0 spiro atoms. The Morgan fingerprint density at radius 2 is 0.793 bits per heavy atom. The van der Waals surface area contributed by atoms with E-state index in [0.717, 1.165) is 12.8 Å². The predicted octanol–water partition coefficient (Wildman–Crippen LogP) is 6.54. The first-order valence-electron chi connectivity index (χ1n) is 11.2. The van der Waals surface area contributed by atoms with Crippen LogP contribution in [0, 0.1) is 0 Å². The second-order valence-corrected chi connectivity index (χ2v) is 7.62. The molecule has 2 nitrogen and oxygen atoms in total. The smallest absolute Gasteiger partial charge is 0.872 e. The molecule has 0 aliphatic rings. The summed E-state index contributed by atoms with van der Waals surface area (Å²) in [4.78, 5) is 0. The summed E-state index contributed by atoms with van der Waals surface area (Å²) in [5.41, 5.74) is 2.59. The first-order chi connectivity index (χ1) is 13.7. The fraction of sp³-hybridized carbons (Fsp3) is 0.538. The van der Waals surface area contributed by atoms with E-state index < -0.39 is 0 Å². The Bertz CT molecular complexity index is 538. The Balaban J connectivity index is 0.000000523. The number of benzene rings is 2. The van der Waals surface area contributed by atoms with Crippen LogP contribution in [-0.2, 0) is 40.1 Å². The molecular formula is C26H38CdO2. The van der Waals surface area contributed by atoms with Crippen molar-refractivity contribution < 1.29 is 37.5 Å². The van der Waals surface area contributed by atoms with E-state index in [2.05, 4.69) is 13.8 Å². The fourth-order valence-electron chi connectivity index (χ4n) is 3.18. The summed E-state index contributed by atoms with van der Waals surface area (Å²) >= 11 is 0. The van der Waals surface area contributed by atoms with Gasteiger partial charge in [-0.15, -0.1) is 11.5 Å². The van der Waals surface area contributed by atoms with Gasteiger partial charge in [0.05, 0.1) is 0 Å². The number of unbranched alkanes of at least 4 members (excludes halogenated alkanes) is 8. The molecular weight excluding hydrogens is 457 g/mol. The van der Waals surface area contributed by atoms with E-state index in [-0.39, 0.29) is 38.8 Å². The van der Waals surface area contributed by atoms with Crippen LogP contribution in [0.3, 0.4) is 0 Å². The van der Waals surface area contributed by atoms with Crippen LogP contribution in [0.2, 0.25) is 0 Å². The van der Waals surface area contributed by atoms with Crippen LogP contribution in [-0.4, -0.2) is 0 Å². The van der Waals surface area contributed by atoms with E-state index in [1.807, 2.05) is 24.3 Å². The van der Waals surface area contributed by atoms with Gasteiger partial charge in [0.25, 0.3) is 0 Å². The van der Waals surface area contributed by atoms with Gasteiger partial charge in [-0.05, 0) is 36.8 Å². The van der Waals surface area contributed by atoms with E-state index in [1.54, 1.807) is 24.3 Å². The third-order valence-corrected chi connectivity index (χ3v) is 4.98. The van der Waals surface area contributed by atoms with Crippen molar-refractivity contribution in [1.29, 1.82) is 0 Å². The molecule has 2 aromatic carbocycles. The van der Waals surface area contributed by atoms with Crippen molar-refractivity contribution in [2.75, 3.05) is 0 Å². The van der Waals surface area contributed by atoms with Crippen molar-refractivity contribution in [3.63, 3.8) is 0 Å². The quantitative estimate of drug-likeness (QED) is 0.248. The van der Waals surface area contributed by atoms with Crippen LogP contribution in [0.15, 0.2) is 48.5 Å². The molecule has 29 heavy (non-hydrogen) atoms. The van der Waals surface area contributed by atoms with Gasteiger partial charge in [0.1, 0.15) is 0 Å². The maximum absolute atomic E-state index is 10.8. The molecule has 0 atom stereocenters. The normalized spacial score (nSPS) is 10.0. The van der Waals surface area contributed by atoms with Gasteiger partial charge in [-0.3, -0.25) is 0 Å². The Kier molecular flexibility index (Phi) is 18.3. The molecule has 0 amide bonds. The van der Waals surface area contributed by atoms with Crippen molar-refractivity contribution in [1.82, 2.24) is 0 Å². The minimum Gasteiger partial charge on any atom is -0.872 e. The minimum absolute atomic E-state index is 0. The molecule has 0 bridgehead atoms. The molecule has 0 heterocycles. The van der Waals surface area contributed by atoms with Gasteiger partial charge in [-0.2, -0.15) is 0 Å². The number of hydrogen-bond donors (Lipinski definition) is 0. The van der Waals surface area contributed by atoms with Crippen LogP contribution in [0.25, 0.3) is 0 Å². The Morgan fingerprint density at radius 1 is 0.483 bits per heavy atom. The van der Waals surface area contributed by atoms with E-state index in [1.165, 1.54) is 75.3 Å². The van der Waals surface area contributed by atoms with Gasteiger partial charge < -0.3 is 10.2 Å². The summed E-state index contributed by atoms with van der Waals surface area (Å²) in [6.45, 7) is 4.46. The number of aryl methyl sites for hydroxylation is 2. The zero-order chi connectivity index (χ0) is 20.5. The average Bonchev–Trinajstić information content (AvgIpc) is 2.71. The van der Waals surface area contributed by atoms with Crippen LogP contribution in [0.5, 0.6) is 11.5 Å². The van der Waals surface area contributed by atoms with E-state index in [0.29, 0.717) is 0 Å². The second kappa shape index (κ2) is 19.0. The fourth-order valence-corrected chi connectivity index (χ4v) is 3.18. The third kappa shape index (κ3) is 15.5. The van der Waals surface area contributed by atoms with Gasteiger partial charge in [0, 0.05) is 0 Å². The zero-order valence-corrected chi connectivity index (χ0v) is 22.7. The molecule has 0 N–H and O–H groups in total. The van der Waals surface area contributed by atoms with Crippen LogP contribution in [0.4, 0.5) is 0 Å². The zero-order valence-electron chi connectivity index (χ0n) is 18.6. The summed E-state index contributed by atoms with van der Waals surface area (Å²) in [7, 11) is 0. The van der Waals surface area contributed by atoms with Crippen molar-refractivity contribution in [3.8, 4) is 11.5 Å². The van der Waals surface area contributed by atoms with E-state index >= 15 is 0 Å². The summed E-state index contributed by atoms with van der Waals surface area (Å²) in [6.07, 6.45) is 15.3. The summed E-state index contributed by atoms with van der Waals surface area (Å²) < 4.78 is 0. The monoisotopic (exact) mass is 496 g/mol. The standard InChI is InChI=1S/2C13H20O.Cd/c2*1-2-3-4-5-6-7-12-8-10-13(14)11-9-12;/h2*8-11,14H,2-7H2,1H3;/q;;+2/p-2. The molecule has 0 fully saturated rings. The molecule has 0 saturated heterocycles. The molecule has 2 aromatic rings. The first-order valence-corrected chi connectivity index (χ1v) is 11.2. The largest absolute Gasteiger partial charge is 2.00 e. The van der Waals surface area contributed by atoms with Gasteiger partial charge in [0.2, 0.25) is 0 Å². The first kappa shape index (κ1) is 28.0. The summed E-state index contributed by atoms with van der Waals surface area (Å²) in [5, 5.41) is 21.7. The number of rotatable bonds is 12. The van der Waals surface area contributed by atoms with Crippen molar-refractivity contribution in [3.05, 3.63) is 59.7 Å². The molecule has 156 valence electrons. The molecule has 0 unspecified atom stereocenters. The van der Waals surface area contributed by atoms with Crippen LogP contribution in [0.1, 0.15) is 89.2 Å². The van der Waals surface area contributed by atoms with E-state index in [4.69, 9.17) is 0 Å². The van der Waals surface area contributed by atoms with E-state index in [9.17, 15) is 10.2 Å². The second-order valence-electron chi connectivity index (χ2n) is 7.62. The molecule has 2 rings (SSSR count). The topological polar surface area (TPSA) is 46.1 Å². The Labute approximate surface area is 198 Å². The van der Waals surface area contributed by atoms with Gasteiger partial charge in [0.15, 0.2) is 0 Å². The van der Waals surface area contributed by atoms with Crippen molar-refractivity contribution in [2.24, 2.45) is 0 Å².